The lowest BCUT2D eigenvalue weighted by Crippen LogP contribution is -2.43. The lowest BCUT2D eigenvalue weighted by Gasteiger charge is -2.47. The average molecular weight is 536 g/mol. The van der Waals surface area contributed by atoms with Crippen molar-refractivity contribution in [3.05, 3.63) is 69.8 Å². The monoisotopic (exact) mass is 535 g/mol. The number of nitrogens with one attached hydrogen (secondary N) is 1. The molecule has 36 heavy (non-hydrogen) atoms. The van der Waals surface area contributed by atoms with Crippen LogP contribution in [0.3, 0.4) is 0 Å². The number of aromatic nitrogens is 2. The van der Waals surface area contributed by atoms with Crippen LogP contribution in [-0.2, 0) is 11.3 Å². The van der Waals surface area contributed by atoms with Crippen LogP contribution in [0.4, 0.5) is 20.7 Å². The van der Waals surface area contributed by atoms with Crippen molar-refractivity contribution in [3.63, 3.8) is 0 Å². The number of amides is 2. The van der Waals surface area contributed by atoms with Gasteiger partial charge in [0.05, 0.1) is 33.4 Å². The lowest BCUT2D eigenvalue weighted by atomic mass is 10.0. The van der Waals surface area contributed by atoms with Crippen molar-refractivity contribution in [2.75, 3.05) is 4.31 Å². The Kier molecular flexibility index (Phi) is 6.80. The standard InChI is InChI=1S/C23H23ClFN5O5S/c1-11(2)18-20(12(3)8-13(27-18)10-35-23(26)32)30-21-15(22(31)29-36(30,33)34)9-16(24)19(28-21)14-6-4-5-7-17(14)25/h4-9,11,33-34H,10H2,1-3H3,(H2,26,32)(H,29,31). The number of rotatable bonds is 5. The molecule has 0 fully saturated rings. The number of nitrogens with two attached hydrogens (primary N) is 1. The maximum Gasteiger partial charge on any atom is 0.404 e. The SMILES string of the molecule is Cc1cc(COC(N)=O)nc(C(C)C)c1N1c2nc(-c3ccccc3F)c(Cl)cc2C(=O)NS1(O)O. The molecule has 1 aromatic carbocycles. The van der Waals surface area contributed by atoms with Crippen molar-refractivity contribution in [1.82, 2.24) is 14.7 Å². The molecule has 1 aliphatic rings. The predicted octanol–water partition coefficient (Wildman–Crippen LogP) is 5.43. The molecule has 0 spiro atoms. The fraction of sp³-hybridized carbons (Fsp3) is 0.217. The van der Waals surface area contributed by atoms with E-state index in [9.17, 15) is 23.1 Å². The number of benzene rings is 1. The van der Waals surface area contributed by atoms with Crippen LogP contribution in [0, 0.1) is 12.7 Å². The normalized spacial score (nSPS) is 15.3. The number of anilines is 2. The number of hydrogen-bond donors (Lipinski definition) is 4. The van der Waals surface area contributed by atoms with Gasteiger partial charge in [0.15, 0.2) is 5.82 Å². The maximum atomic E-state index is 14.6. The Morgan fingerprint density at radius 2 is 1.94 bits per heavy atom. The second kappa shape index (κ2) is 9.54. The summed E-state index contributed by atoms with van der Waals surface area (Å²) in [6.07, 6.45) is -0.965. The highest BCUT2D eigenvalue weighted by molar-refractivity contribution is 8.24. The number of pyridine rings is 2. The molecule has 0 saturated carbocycles. The molecule has 5 N–H and O–H groups in total. The number of carbonyl (C=O) groups is 2. The van der Waals surface area contributed by atoms with Gasteiger partial charge in [-0.25, -0.2) is 23.2 Å². The molecule has 0 saturated heterocycles. The zero-order chi connectivity index (χ0) is 26.4. The zero-order valence-corrected chi connectivity index (χ0v) is 21.0. The van der Waals surface area contributed by atoms with E-state index in [1.165, 1.54) is 24.3 Å². The van der Waals surface area contributed by atoms with Crippen LogP contribution in [0.15, 0.2) is 36.4 Å². The van der Waals surface area contributed by atoms with Gasteiger partial charge < -0.3 is 10.5 Å². The largest absolute Gasteiger partial charge is 0.443 e. The van der Waals surface area contributed by atoms with Crippen LogP contribution < -0.4 is 14.8 Å². The average Bonchev–Trinajstić information content (AvgIpc) is 2.78. The molecule has 3 aromatic rings. The van der Waals surface area contributed by atoms with Gasteiger partial charge in [-0.2, -0.15) is 0 Å². The summed E-state index contributed by atoms with van der Waals surface area (Å²) >= 11 is 6.38. The highest BCUT2D eigenvalue weighted by atomic mass is 35.5. The molecule has 0 unspecified atom stereocenters. The Labute approximate surface area is 212 Å². The minimum atomic E-state index is -3.99. The molecule has 2 amide bonds. The molecule has 10 nitrogen and oxygen atoms in total. The van der Waals surface area contributed by atoms with E-state index in [2.05, 4.69) is 14.7 Å². The first-order valence-electron chi connectivity index (χ1n) is 10.7. The molecular weight excluding hydrogens is 513 g/mol. The highest BCUT2D eigenvalue weighted by Crippen LogP contribution is 2.55. The summed E-state index contributed by atoms with van der Waals surface area (Å²) in [5.41, 5.74) is 6.69. The number of aryl methyl sites for hydroxylation is 1. The Morgan fingerprint density at radius 1 is 1.25 bits per heavy atom. The number of hydrogen-bond acceptors (Lipinski definition) is 8. The van der Waals surface area contributed by atoms with Crippen LogP contribution in [-0.4, -0.2) is 31.1 Å². The van der Waals surface area contributed by atoms with Crippen LogP contribution in [0.25, 0.3) is 11.3 Å². The first kappa shape index (κ1) is 25.6. The van der Waals surface area contributed by atoms with E-state index in [-0.39, 0.29) is 45.9 Å². The minimum absolute atomic E-state index is 0.00482. The van der Waals surface area contributed by atoms with Gasteiger partial charge in [0.25, 0.3) is 5.91 Å². The number of nitrogens with zero attached hydrogens (tertiary/aromatic N) is 3. The van der Waals surface area contributed by atoms with Crippen LogP contribution >= 0.6 is 22.6 Å². The van der Waals surface area contributed by atoms with Crippen LogP contribution in [0.1, 0.15) is 47.1 Å². The summed E-state index contributed by atoms with van der Waals surface area (Å²) in [5, 5.41) is 0.00482. The Balaban J connectivity index is 1.98. The van der Waals surface area contributed by atoms with Crippen molar-refractivity contribution in [2.24, 2.45) is 5.73 Å². The second-order valence-electron chi connectivity index (χ2n) is 8.34. The molecular formula is C23H23ClFN5O5S. The molecule has 4 rings (SSSR count). The third kappa shape index (κ3) is 4.67. The Morgan fingerprint density at radius 3 is 2.58 bits per heavy atom. The van der Waals surface area contributed by atoms with E-state index in [0.29, 0.717) is 17.0 Å². The van der Waals surface area contributed by atoms with Gasteiger partial charge in [-0.15, -0.1) is 0 Å². The van der Waals surface area contributed by atoms with Crippen molar-refractivity contribution in [1.29, 1.82) is 0 Å². The van der Waals surface area contributed by atoms with E-state index in [1.807, 2.05) is 13.8 Å². The summed E-state index contributed by atoms with van der Waals surface area (Å²) in [4.78, 5) is 32.8. The first-order chi connectivity index (χ1) is 16.9. The smallest absolute Gasteiger partial charge is 0.404 e. The number of halogens is 2. The third-order valence-electron chi connectivity index (χ3n) is 5.38. The van der Waals surface area contributed by atoms with Crippen LogP contribution in [0.5, 0.6) is 0 Å². The number of ether oxygens (including phenoxy) is 1. The lowest BCUT2D eigenvalue weighted by molar-refractivity contribution is 0.0975. The summed E-state index contributed by atoms with van der Waals surface area (Å²) in [5.74, 6) is -1.78. The van der Waals surface area contributed by atoms with Crippen molar-refractivity contribution in [2.45, 2.75) is 33.3 Å². The van der Waals surface area contributed by atoms with E-state index >= 15 is 0 Å². The van der Waals surface area contributed by atoms with Gasteiger partial charge in [-0.05, 0) is 53.6 Å². The quantitative estimate of drug-likeness (QED) is 0.338. The van der Waals surface area contributed by atoms with Crippen molar-refractivity contribution in [3.8, 4) is 11.3 Å². The zero-order valence-electron chi connectivity index (χ0n) is 19.5. The molecule has 0 bridgehead atoms. The highest BCUT2D eigenvalue weighted by Gasteiger charge is 2.40. The third-order valence-corrected chi connectivity index (χ3v) is 6.99. The summed E-state index contributed by atoms with van der Waals surface area (Å²) in [6, 6.07) is 8.71. The van der Waals surface area contributed by atoms with Gasteiger partial charge in [-0.3, -0.25) is 18.9 Å². The Hall–Kier alpha value is -3.45. The molecule has 13 heteroatoms. The van der Waals surface area contributed by atoms with Crippen LogP contribution in [0.2, 0.25) is 5.02 Å². The van der Waals surface area contributed by atoms with Gasteiger partial charge in [-0.1, -0.05) is 37.6 Å². The van der Waals surface area contributed by atoms with Gasteiger partial charge >= 0.3 is 6.09 Å². The van der Waals surface area contributed by atoms with E-state index in [1.54, 1.807) is 19.1 Å². The molecule has 0 radical (unpaired) electrons. The first-order valence-corrected chi connectivity index (χ1v) is 12.6. The van der Waals surface area contributed by atoms with Gasteiger partial charge in [0, 0.05) is 5.56 Å². The number of carbonyl (C=O) groups excluding carboxylic acids is 2. The van der Waals surface area contributed by atoms with Crippen molar-refractivity contribution < 1.29 is 27.8 Å². The molecule has 0 aliphatic carbocycles. The molecule has 1 aliphatic heterocycles. The van der Waals surface area contributed by atoms with Gasteiger partial charge in [0.1, 0.15) is 12.4 Å². The fourth-order valence-corrected chi connectivity index (χ4v) is 5.44. The molecule has 2 aromatic heterocycles. The molecule has 0 atom stereocenters. The summed E-state index contributed by atoms with van der Waals surface area (Å²) < 4.78 is 44.8. The Bertz CT molecular complexity index is 1390. The van der Waals surface area contributed by atoms with E-state index in [4.69, 9.17) is 22.1 Å². The van der Waals surface area contributed by atoms with E-state index < -0.39 is 28.8 Å². The number of fused-ring (bicyclic) bond motifs is 1. The second-order valence-corrected chi connectivity index (χ2v) is 10.4. The predicted molar refractivity (Wildman–Crippen MR) is 135 cm³/mol. The minimum Gasteiger partial charge on any atom is -0.443 e. The fourth-order valence-electron chi connectivity index (χ4n) is 3.87. The summed E-state index contributed by atoms with van der Waals surface area (Å²) in [6.45, 7) is 5.17. The molecule has 190 valence electrons. The topological polar surface area (TPSA) is 151 Å². The van der Waals surface area contributed by atoms with E-state index in [0.717, 1.165) is 4.31 Å². The van der Waals surface area contributed by atoms with Gasteiger partial charge in [0.2, 0.25) is 0 Å². The summed E-state index contributed by atoms with van der Waals surface area (Å²) in [7, 11) is -3.99. The molecule has 3 heterocycles. The van der Waals surface area contributed by atoms with Crippen molar-refractivity contribution >= 4 is 46.1 Å². The maximum absolute atomic E-state index is 14.6. The number of primary amides is 1.